The molecule has 124 valence electrons. The molecule has 0 fully saturated rings. The molecule has 0 aliphatic rings. The van der Waals surface area contributed by atoms with Crippen LogP contribution in [0.15, 0.2) is 18.2 Å². The summed E-state index contributed by atoms with van der Waals surface area (Å²) in [5.41, 5.74) is 1.03. The normalized spacial score (nSPS) is 12.2. The SMILES string of the molecule is CCCCCC(C)N(Cc1ccc(Cl)c(Cl)c1)C(=O)CCC. The Hall–Kier alpha value is -0.730. The molecular weight excluding hydrogens is 317 g/mol. The summed E-state index contributed by atoms with van der Waals surface area (Å²) in [6.45, 7) is 6.97. The molecule has 2 nitrogen and oxygen atoms in total. The Morgan fingerprint density at radius 3 is 2.45 bits per heavy atom. The van der Waals surface area contributed by atoms with E-state index in [1.165, 1.54) is 12.8 Å². The van der Waals surface area contributed by atoms with Gasteiger partial charge < -0.3 is 4.90 Å². The molecule has 1 aromatic carbocycles. The van der Waals surface area contributed by atoms with Gasteiger partial charge in [-0.15, -0.1) is 0 Å². The van der Waals surface area contributed by atoms with Crippen molar-refractivity contribution in [2.24, 2.45) is 0 Å². The largest absolute Gasteiger partial charge is 0.336 e. The molecule has 0 spiro atoms. The lowest BCUT2D eigenvalue weighted by atomic mass is 10.1. The number of hydrogen-bond acceptors (Lipinski definition) is 1. The third-order valence-electron chi connectivity index (χ3n) is 3.88. The summed E-state index contributed by atoms with van der Waals surface area (Å²) in [5.74, 6) is 0.220. The van der Waals surface area contributed by atoms with Crippen LogP contribution in [0.3, 0.4) is 0 Å². The van der Waals surface area contributed by atoms with Crippen LogP contribution in [0.2, 0.25) is 10.0 Å². The van der Waals surface area contributed by atoms with Crippen molar-refractivity contribution in [1.82, 2.24) is 4.90 Å². The van der Waals surface area contributed by atoms with Gasteiger partial charge in [0, 0.05) is 19.0 Å². The van der Waals surface area contributed by atoms with Crippen molar-refractivity contribution >= 4 is 29.1 Å². The van der Waals surface area contributed by atoms with Crippen LogP contribution in [0.25, 0.3) is 0 Å². The van der Waals surface area contributed by atoms with Crippen molar-refractivity contribution in [2.75, 3.05) is 0 Å². The molecule has 4 heteroatoms. The highest BCUT2D eigenvalue weighted by atomic mass is 35.5. The minimum Gasteiger partial charge on any atom is -0.336 e. The zero-order valence-corrected chi connectivity index (χ0v) is 15.4. The molecule has 1 rings (SSSR count). The van der Waals surface area contributed by atoms with Crippen molar-refractivity contribution < 1.29 is 4.79 Å². The van der Waals surface area contributed by atoms with Crippen molar-refractivity contribution in [3.63, 3.8) is 0 Å². The molecule has 0 aliphatic carbocycles. The molecule has 0 radical (unpaired) electrons. The number of hydrogen-bond donors (Lipinski definition) is 0. The minimum absolute atomic E-state index is 0.220. The van der Waals surface area contributed by atoms with Crippen molar-refractivity contribution in [3.05, 3.63) is 33.8 Å². The highest BCUT2D eigenvalue weighted by Crippen LogP contribution is 2.24. The Morgan fingerprint density at radius 1 is 1.14 bits per heavy atom. The summed E-state index contributed by atoms with van der Waals surface area (Å²) in [7, 11) is 0. The lowest BCUT2D eigenvalue weighted by Crippen LogP contribution is -2.38. The van der Waals surface area contributed by atoms with Crippen LogP contribution in [0.5, 0.6) is 0 Å². The van der Waals surface area contributed by atoms with Crippen LogP contribution in [-0.2, 0) is 11.3 Å². The van der Waals surface area contributed by atoms with Crippen LogP contribution in [0.1, 0.15) is 64.9 Å². The first kappa shape index (κ1) is 19.3. The minimum atomic E-state index is 0.220. The standard InChI is InChI=1S/C18H27Cl2NO/c1-4-6-7-9-14(3)21(18(22)8-5-2)13-15-10-11-16(19)17(20)12-15/h10-12,14H,4-9,13H2,1-3H3. The number of rotatable bonds is 9. The van der Waals surface area contributed by atoms with Gasteiger partial charge in [-0.2, -0.15) is 0 Å². The molecule has 0 aromatic heterocycles. The van der Waals surface area contributed by atoms with Gasteiger partial charge in [-0.05, 0) is 37.5 Å². The van der Waals surface area contributed by atoms with E-state index >= 15 is 0 Å². The van der Waals surface area contributed by atoms with Gasteiger partial charge in [0.15, 0.2) is 0 Å². The predicted molar refractivity (Wildman–Crippen MR) is 95.5 cm³/mol. The van der Waals surface area contributed by atoms with Crippen molar-refractivity contribution in [2.45, 2.75) is 71.9 Å². The highest BCUT2D eigenvalue weighted by molar-refractivity contribution is 6.42. The maximum atomic E-state index is 12.4. The topological polar surface area (TPSA) is 20.3 Å². The molecule has 1 unspecified atom stereocenters. The first-order valence-electron chi connectivity index (χ1n) is 8.23. The fourth-order valence-electron chi connectivity index (χ4n) is 2.53. The molecular formula is C18H27Cl2NO. The molecule has 0 heterocycles. The number of unbranched alkanes of at least 4 members (excludes halogenated alkanes) is 2. The maximum absolute atomic E-state index is 12.4. The van der Waals surface area contributed by atoms with E-state index in [2.05, 4.69) is 13.8 Å². The van der Waals surface area contributed by atoms with Gasteiger partial charge in [-0.25, -0.2) is 0 Å². The third-order valence-corrected chi connectivity index (χ3v) is 4.62. The summed E-state index contributed by atoms with van der Waals surface area (Å²) in [6, 6.07) is 5.84. The van der Waals surface area contributed by atoms with Gasteiger partial charge in [-0.3, -0.25) is 4.79 Å². The molecule has 0 saturated carbocycles. The van der Waals surface area contributed by atoms with E-state index < -0.39 is 0 Å². The van der Waals surface area contributed by atoms with Gasteiger partial charge in [0.05, 0.1) is 10.0 Å². The van der Waals surface area contributed by atoms with Gasteiger partial charge in [-0.1, -0.05) is 62.4 Å². The fourth-order valence-corrected chi connectivity index (χ4v) is 2.85. The summed E-state index contributed by atoms with van der Waals surface area (Å²) in [5, 5.41) is 1.09. The number of benzene rings is 1. The lowest BCUT2D eigenvalue weighted by Gasteiger charge is -2.30. The second kappa shape index (κ2) is 10.1. The number of carbonyl (C=O) groups is 1. The van der Waals surface area contributed by atoms with Crippen LogP contribution >= 0.6 is 23.2 Å². The third kappa shape index (κ3) is 6.18. The molecule has 0 aliphatic heterocycles. The first-order chi connectivity index (χ1) is 10.5. The number of carbonyl (C=O) groups excluding carboxylic acids is 1. The molecule has 22 heavy (non-hydrogen) atoms. The monoisotopic (exact) mass is 343 g/mol. The Morgan fingerprint density at radius 2 is 1.86 bits per heavy atom. The van der Waals surface area contributed by atoms with E-state index in [0.717, 1.165) is 24.8 Å². The Balaban J connectivity index is 2.80. The zero-order valence-electron chi connectivity index (χ0n) is 13.9. The second-order valence-electron chi connectivity index (χ2n) is 5.86. The van der Waals surface area contributed by atoms with Gasteiger partial charge in [0.1, 0.15) is 0 Å². The first-order valence-corrected chi connectivity index (χ1v) is 8.98. The van der Waals surface area contributed by atoms with E-state index in [0.29, 0.717) is 23.0 Å². The molecule has 0 N–H and O–H groups in total. The second-order valence-corrected chi connectivity index (χ2v) is 6.68. The van der Waals surface area contributed by atoms with E-state index in [-0.39, 0.29) is 11.9 Å². The predicted octanol–water partition coefficient (Wildman–Crippen LogP) is 6.09. The Labute approximate surface area is 144 Å². The van der Waals surface area contributed by atoms with E-state index in [4.69, 9.17) is 23.2 Å². The summed E-state index contributed by atoms with van der Waals surface area (Å²) >= 11 is 12.0. The highest BCUT2D eigenvalue weighted by Gasteiger charge is 2.19. The number of halogens is 2. The molecule has 1 amide bonds. The summed E-state index contributed by atoms with van der Waals surface area (Å²) < 4.78 is 0. The quantitative estimate of drug-likeness (QED) is 0.496. The van der Waals surface area contributed by atoms with E-state index in [9.17, 15) is 4.79 Å². The fraction of sp³-hybridized carbons (Fsp3) is 0.611. The Kier molecular flexibility index (Phi) is 8.89. The maximum Gasteiger partial charge on any atom is 0.223 e. The van der Waals surface area contributed by atoms with Crippen LogP contribution < -0.4 is 0 Å². The molecule has 0 saturated heterocycles. The number of amides is 1. The average Bonchev–Trinajstić information content (AvgIpc) is 2.48. The number of nitrogens with zero attached hydrogens (tertiary/aromatic N) is 1. The summed E-state index contributed by atoms with van der Waals surface area (Å²) in [6.07, 6.45) is 6.09. The smallest absolute Gasteiger partial charge is 0.223 e. The molecule has 1 atom stereocenters. The van der Waals surface area contributed by atoms with Crippen LogP contribution in [0.4, 0.5) is 0 Å². The molecule has 0 bridgehead atoms. The van der Waals surface area contributed by atoms with Crippen molar-refractivity contribution in [3.8, 4) is 0 Å². The molecule has 1 aromatic rings. The van der Waals surface area contributed by atoms with Crippen molar-refractivity contribution in [1.29, 1.82) is 0 Å². The van der Waals surface area contributed by atoms with E-state index in [1.54, 1.807) is 6.07 Å². The van der Waals surface area contributed by atoms with Gasteiger partial charge in [0.2, 0.25) is 5.91 Å². The van der Waals surface area contributed by atoms with Crippen LogP contribution in [0, 0.1) is 0 Å². The zero-order chi connectivity index (χ0) is 16.5. The average molecular weight is 344 g/mol. The van der Waals surface area contributed by atoms with Gasteiger partial charge in [0.25, 0.3) is 0 Å². The van der Waals surface area contributed by atoms with Gasteiger partial charge >= 0.3 is 0 Å². The Bertz CT molecular complexity index is 476. The van der Waals surface area contributed by atoms with E-state index in [1.807, 2.05) is 24.0 Å². The van der Waals surface area contributed by atoms with Crippen LogP contribution in [-0.4, -0.2) is 16.8 Å². The summed E-state index contributed by atoms with van der Waals surface area (Å²) in [4.78, 5) is 14.4. The lowest BCUT2D eigenvalue weighted by molar-refractivity contribution is -0.134.